The van der Waals surface area contributed by atoms with Crippen LogP contribution in [0.5, 0.6) is 5.75 Å². The van der Waals surface area contributed by atoms with Crippen LogP contribution in [0.3, 0.4) is 0 Å². The third-order valence-electron chi connectivity index (χ3n) is 2.22. The zero-order chi connectivity index (χ0) is 11.4. The number of imidazole rings is 1. The van der Waals surface area contributed by atoms with Gasteiger partial charge in [-0.3, -0.25) is 4.98 Å². The van der Waals surface area contributed by atoms with Gasteiger partial charge in [0.05, 0.1) is 18.8 Å². The minimum Gasteiger partial charge on any atom is -0.492 e. The fraction of sp³-hybridized carbons (Fsp3) is 0.273. The highest BCUT2D eigenvalue weighted by molar-refractivity contribution is 5.29. The lowest BCUT2D eigenvalue weighted by molar-refractivity contribution is 0.338. The number of rotatable bonds is 4. The van der Waals surface area contributed by atoms with Gasteiger partial charge in [-0.15, -0.1) is 0 Å². The van der Waals surface area contributed by atoms with Crippen molar-refractivity contribution in [2.45, 2.75) is 13.0 Å². The van der Waals surface area contributed by atoms with E-state index in [4.69, 9.17) is 10.5 Å². The summed E-state index contributed by atoms with van der Waals surface area (Å²) in [5, 5.41) is 0. The molecule has 0 saturated heterocycles. The second-order valence-electron chi connectivity index (χ2n) is 3.34. The molecule has 0 saturated carbocycles. The van der Waals surface area contributed by atoms with Crippen molar-refractivity contribution in [3.63, 3.8) is 0 Å². The third kappa shape index (κ3) is 2.20. The average molecular weight is 218 g/mol. The van der Waals surface area contributed by atoms with E-state index in [0.717, 1.165) is 17.1 Å². The normalized spacial score (nSPS) is 12.4. The maximum Gasteiger partial charge on any atom is 0.137 e. The highest BCUT2D eigenvalue weighted by Gasteiger charge is 2.12. The molecule has 0 spiro atoms. The maximum absolute atomic E-state index is 6.04. The lowest BCUT2D eigenvalue weighted by Gasteiger charge is -2.10. The lowest BCUT2D eigenvalue weighted by atomic mass is 10.1. The molecule has 0 aromatic carbocycles. The first-order valence-electron chi connectivity index (χ1n) is 5.14. The summed E-state index contributed by atoms with van der Waals surface area (Å²) in [5.41, 5.74) is 6.91. The fourth-order valence-electron chi connectivity index (χ4n) is 1.46. The number of aromatic nitrogens is 3. The summed E-state index contributed by atoms with van der Waals surface area (Å²) in [7, 11) is 0. The van der Waals surface area contributed by atoms with Gasteiger partial charge in [-0.25, -0.2) is 4.98 Å². The van der Waals surface area contributed by atoms with E-state index in [-0.39, 0.29) is 6.04 Å². The molecule has 0 radical (unpaired) electrons. The predicted molar refractivity (Wildman–Crippen MR) is 60.0 cm³/mol. The van der Waals surface area contributed by atoms with Gasteiger partial charge in [0, 0.05) is 18.6 Å². The summed E-state index contributed by atoms with van der Waals surface area (Å²) >= 11 is 0. The number of H-pyrrole nitrogens is 1. The molecule has 2 heterocycles. The van der Waals surface area contributed by atoms with Crippen LogP contribution in [0.15, 0.2) is 30.9 Å². The summed E-state index contributed by atoms with van der Waals surface area (Å²) in [6.07, 6.45) is 6.81. The number of aromatic amines is 1. The Labute approximate surface area is 93.7 Å². The minimum atomic E-state index is -0.303. The summed E-state index contributed by atoms with van der Waals surface area (Å²) < 4.78 is 5.37. The van der Waals surface area contributed by atoms with E-state index in [0.29, 0.717) is 6.61 Å². The first kappa shape index (κ1) is 10.6. The summed E-state index contributed by atoms with van der Waals surface area (Å²) in [4.78, 5) is 11.2. The highest BCUT2D eigenvalue weighted by atomic mass is 16.5. The van der Waals surface area contributed by atoms with Gasteiger partial charge in [-0.2, -0.15) is 0 Å². The number of nitrogens with two attached hydrogens (primary N) is 1. The van der Waals surface area contributed by atoms with Crippen molar-refractivity contribution in [3.05, 3.63) is 42.2 Å². The Morgan fingerprint density at radius 3 is 3.06 bits per heavy atom. The third-order valence-corrected chi connectivity index (χ3v) is 2.22. The van der Waals surface area contributed by atoms with Crippen LogP contribution in [-0.2, 0) is 0 Å². The van der Waals surface area contributed by atoms with Crippen LogP contribution in [-0.4, -0.2) is 21.6 Å². The molecule has 0 bridgehead atoms. The van der Waals surface area contributed by atoms with E-state index in [1.165, 1.54) is 0 Å². The monoisotopic (exact) mass is 218 g/mol. The Morgan fingerprint density at radius 1 is 1.50 bits per heavy atom. The van der Waals surface area contributed by atoms with Gasteiger partial charge >= 0.3 is 0 Å². The molecule has 84 valence electrons. The minimum absolute atomic E-state index is 0.303. The fourth-order valence-corrected chi connectivity index (χ4v) is 1.46. The zero-order valence-corrected chi connectivity index (χ0v) is 9.05. The van der Waals surface area contributed by atoms with Crippen LogP contribution in [0.1, 0.15) is 24.4 Å². The first-order valence-corrected chi connectivity index (χ1v) is 5.14. The maximum atomic E-state index is 6.04. The van der Waals surface area contributed by atoms with E-state index in [2.05, 4.69) is 15.0 Å². The highest BCUT2D eigenvalue weighted by Crippen LogP contribution is 2.19. The van der Waals surface area contributed by atoms with Gasteiger partial charge in [-0.05, 0) is 18.6 Å². The van der Waals surface area contributed by atoms with Crippen LogP contribution >= 0.6 is 0 Å². The number of ether oxygens (including phenoxy) is 1. The van der Waals surface area contributed by atoms with Crippen molar-refractivity contribution in [2.75, 3.05) is 6.61 Å². The van der Waals surface area contributed by atoms with Crippen molar-refractivity contribution in [3.8, 4) is 5.75 Å². The smallest absolute Gasteiger partial charge is 0.137 e. The summed E-state index contributed by atoms with van der Waals surface area (Å²) in [6, 6.07) is 1.58. The molecular weight excluding hydrogens is 204 g/mol. The van der Waals surface area contributed by atoms with E-state index in [1.807, 2.05) is 13.0 Å². The van der Waals surface area contributed by atoms with Gasteiger partial charge in [0.15, 0.2) is 0 Å². The molecule has 0 aliphatic rings. The van der Waals surface area contributed by atoms with Crippen LogP contribution in [0.25, 0.3) is 0 Å². The molecule has 0 amide bonds. The van der Waals surface area contributed by atoms with Crippen molar-refractivity contribution in [1.29, 1.82) is 0 Å². The Bertz CT molecular complexity index is 441. The number of nitrogens with one attached hydrogen (secondary N) is 1. The van der Waals surface area contributed by atoms with Crippen LogP contribution < -0.4 is 10.5 Å². The quantitative estimate of drug-likeness (QED) is 0.809. The summed E-state index contributed by atoms with van der Waals surface area (Å²) in [6.45, 7) is 2.54. The first-order chi connectivity index (χ1) is 7.81. The second kappa shape index (κ2) is 4.76. The van der Waals surface area contributed by atoms with E-state index in [1.54, 1.807) is 24.8 Å². The van der Waals surface area contributed by atoms with Crippen LogP contribution in [0.4, 0.5) is 0 Å². The van der Waals surface area contributed by atoms with Crippen molar-refractivity contribution in [2.24, 2.45) is 5.73 Å². The van der Waals surface area contributed by atoms with Gasteiger partial charge in [0.1, 0.15) is 11.6 Å². The van der Waals surface area contributed by atoms with Crippen molar-refractivity contribution < 1.29 is 4.74 Å². The molecule has 1 unspecified atom stereocenters. The largest absolute Gasteiger partial charge is 0.492 e. The molecule has 0 aliphatic heterocycles. The van der Waals surface area contributed by atoms with Gasteiger partial charge < -0.3 is 15.5 Å². The standard InChI is InChI=1S/C11H14N4O/c1-2-16-9-5-8(6-13-7-9)10(12)11-14-3-4-15-11/h3-7,10H,2,12H2,1H3,(H,14,15). The van der Waals surface area contributed by atoms with Gasteiger partial charge in [-0.1, -0.05) is 0 Å². The number of nitrogens with zero attached hydrogens (tertiary/aromatic N) is 2. The van der Waals surface area contributed by atoms with Crippen molar-refractivity contribution >= 4 is 0 Å². The zero-order valence-electron chi connectivity index (χ0n) is 9.05. The van der Waals surface area contributed by atoms with Crippen molar-refractivity contribution in [1.82, 2.24) is 15.0 Å². The Kier molecular flexibility index (Phi) is 3.16. The van der Waals surface area contributed by atoms with E-state index < -0.39 is 0 Å². The van der Waals surface area contributed by atoms with E-state index in [9.17, 15) is 0 Å². The van der Waals surface area contributed by atoms with Crippen LogP contribution in [0, 0.1) is 0 Å². The lowest BCUT2D eigenvalue weighted by Crippen LogP contribution is -2.14. The molecule has 0 fully saturated rings. The molecule has 1 atom stereocenters. The average Bonchev–Trinajstić information content (AvgIpc) is 2.82. The molecule has 0 aliphatic carbocycles. The molecule has 3 N–H and O–H groups in total. The Morgan fingerprint density at radius 2 is 2.38 bits per heavy atom. The molecule has 2 aromatic heterocycles. The molecule has 2 aromatic rings. The molecule has 5 heteroatoms. The Balaban J connectivity index is 2.23. The summed E-state index contributed by atoms with van der Waals surface area (Å²) in [5.74, 6) is 1.44. The molecule has 16 heavy (non-hydrogen) atoms. The van der Waals surface area contributed by atoms with Gasteiger partial charge in [0.25, 0.3) is 0 Å². The second-order valence-corrected chi connectivity index (χ2v) is 3.34. The molecule has 2 rings (SSSR count). The molecule has 5 nitrogen and oxygen atoms in total. The van der Waals surface area contributed by atoms with Crippen LogP contribution in [0.2, 0.25) is 0 Å². The molecular formula is C11H14N4O. The predicted octanol–water partition coefficient (Wildman–Crippen LogP) is 1.25. The number of pyridine rings is 1. The van der Waals surface area contributed by atoms with E-state index >= 15 is 0 Å². The SMILES string of the molecule is CCOc1cncc(C(N)c2ncc[nH]2)c1. The number of hydrogen-bond donors (Lipinski definition) is 2. The van der Waals surface area contributed by atoms with Gasteiger partial charge in [0.2, 0.25) is 0 Å². The Hall–Kier alpha value is -1.88. The topological polar surface area (TPSA) is 76.8 Å². The number of hydrogen-bond acceptors (Lipinski definition) is 4.